The number of benzene rings is 2. The minimum absolute atomic E-state index is 0.0343. The Balaban J connectivity index is 1.93. The number of phenolic OH excluding ortho intramolecular Hbond substituents is 1. The van der Waals surface area contributed by atoms with E-state index in [-0.39, 0.29) is 5.75 Å². The molecular weight excluding hydrogens is 387 g/mol. The summed E-state index contributed by atoms with van der Waals surface area (Å²) in [5.41, 5.74) is 2.55. The van der Waals surface area contributed by atoms with Gasteiger partial charge in [-0.3, -0.25) is 0 Å². The van der Waals surface area contributed by atoms with Gasteiger partial charge in [-0.1, -0.05) is 6.07 Å². The van der Waals surface area contributed by atoms with Crippen molar-refractivity contribution >= 4 is 51.3 Å². The molecule has 0 aliphatic carbocycles. The maximum Gasteiger partial charge on any atom is 0.162 e. The van der Waals surface area contributed by atoms with Gasteiger partial charge in [0, 0.05) is 47.7 Å². The summed E-state index contributed by atoms with van der Waals surface area (Å²) in [6.07, 6.45) is 1.47. The summed E-state index contributed by atoms with van der Waals surface area (Å²) in [5.74, 6) is 2.04. The number of halogens is 2. The fourth-order valence-electron chi connectivity index (χ4n) is 2.83. The number of hydrogen-bond acceptors (Lipinski definition) is 6. The number of fused-ring (bicyclic) bond motifs is 1. The van der Waals surface area contributed by atoms with E-state index < -0.39 is 0 Å². The second-order valence-corrected chi connectivity index (χ2v) is 6.56. The van der Waals surface area contributed by atoms with E-state index in [9.17, 15) is 5.11 Å². The molecule has 8 heteroatoms. The van der Waals surface area contributed by atoms with Crippen molar-refractivity contribution in [3.8, 4) is 11.5 Å². The van der Waals surface area contributed by atoms with E-state index in [0.29, 0.717) is 47.3 Å². The Hall–Kier alpha value is -2.44. The zero-order valence-corrected chi connectivity index (χ0v) is 16.3. The summed E-state index contributed by atoms with van der Waals surface area (Å²) in [6, 6.07) is 11.2. The minimum atomic E-state index is 0.0343. The van der Waals surface area contributed by atoms with Crippen LogP contribution in [0.2, 0.25) is 0 Å². The largest absolute Gasteiger partial charge is 0.504 e. The number of nitrogens with zero attached hydrogens (tertiary/aromatic N) is 3. The van der Waals surface area contributed by atoms with E-state index in [0.717, 1.165) is 11.4 Å². The topological polar surface area (TPSA) is 70.5 Å². The van der Waals surface area contributed by atoms with E-state index in [2.05, 4.69) is 20.2 Å². The molecule has 3 aromatic rings. The third kappa shape index (κ3) is 4.46. The molecule has 0 radical (unpaired) electrons. The average molecular weight is 407 g/mol. The number of methoxy groups -OCH3 is 1. The number of phenols is 1. The Morgan fingerprint density at radius 3 is 2.59 bits per heavy atom. The van der Waals surface area contributed by atoms with E-state index in [4.69, 9.17) is 27.9 Å². The van der Waals surface area contributed by atoms with Crippen LogP contribution in [0.3, 0.4) is 0 Å². The third-order valence-electron chi connectivity index (χ3n) is 4.12. The molecule has 142 valence electrons. The Morgan fingerprint density at radius 1 is 1.11 bits per heavy atom. The number of aromatic hydroxyl groups is 1. The highest BCUT2D eigenvalue weighted by Crippen LogP contribution is 2.34. The lowest BCUT2D eigenvalue weighted by Crippen LogP contribution is -2.27. The van der Waals surface area contributed by atoms with E-state index >= 15 is 0 Å². The fourth-order valence-corrected chi connectivity index (χ4v) is 3.23. The van der Waals surface area contributed by atoms with Crippen LogP contribution in [-0.4, -0.2) is 47.0 Å². The maximum absolute atomic E-state index is 10.1. The van der Waals surface area contributed by atoms with Crippen LogP contribution in [-0.2, 0) is 0 Å². The minimum Gasteiger partial charge on any atom is -0.504 e. The van der Waals surface area contributed by atoms with Gasteiger partial charge in [0.1, 0.15) is 12.1 Å². The number of ether oxygens (including phenoxy) is 1. The molecular formula is C19H20Cl2N4O2. The highest BCUT2D eigenvalue weighted by atomic mass is 35.5. The first kappa shape index (κ1) is 19.3. The van der Waals surface area contributed by atoms with Crippen molar-refractivity contribution in [3.63, 3.8) is 0 Å². The number of aromatic nitrogens is 2. The highest BCUT2D eigenvalue weighted by molar-refractivity contribution is 6.18. The van der Waals surface area contributed by atoms with Crippen LogP contribution in [0.25, 0.3) is 10.9 Å². The molecule has 2 aromatic carbocycles. The Labute approximate surface area is 167 Å². The summed E-state index contributed by atoms with van der Waals surface area (Å²) >= 11 is 11.8. The van der Waals surface area contributed by atoms with Gasteiger partial charge in [-0.25, -0.2) is 9.97 Å². The van der Waals surface area contributed by atoms with E-state index in [1.807, 2.05) is 24.3 Å². The van der Waals surface area contributed by atoms with Crippen LogP contribution in [0.15, 0.2) is 42.7 Å². The van der Waals surface area contributed by atoms with Gasteiger partial charge in [0.05, 0.1) is 12.6 Å². The number of anilines is 3. The van der Waals surface area contributed by atoms with Gasteiger partial charge in [0.25, 0.3) is 0 Å². The maximum atomic E-state index is 10.1. The first-order chi connectivity index (χ1) is 13.2. The van der Waals surface area contributed by atoms with Crippen LogP contribution >= 0.6 is 23.2 Å². The third-order valence-corrected chi connectivity index (χ3v) is 4.46. The summed E-state index contributed by atoms with van der Waals surface area (Å²) in [4.78, 5) is 10.7. The molecule has 1 aromatic heterocycles. The molecule has 27 heavy (non-hydrogen) atoms. The van der Waals surface area contributed by atoms with Crippen LogP contribution < -0.4 is 15.0 Å². The molecule has 0 saturated heterocycles. The summed E-state index contributed by atoms with van der Waals surface area (Å²) in [5, 5.41) is 14.1. The monoisotopic (exact) mass is 406 g/mol. The first-order valence-electron chi connectivity index (χ1n) is 8.42. The number of rotatable bonds is 8. The predicted molar refractivity (Wildman–Crippen MR) is 111 cm³/mol. The van der Waals surface area contributed by atoms with Gasteiger partial charge < -0.3 is 20.1 Å². The molecule has 0 fully saturated rings. The van der Waals surface area contributed by atoms with Crippen LogP contribution in [0, 0.1) is 0 Å². The van der Waals surface area contributed by atoms with Gasteiger partial charge in [-0.2, -0.15) is 0 Å². The van der Waals surface area contributed by atoms with E-state index in [1.54, 1.807) is 12.1 Å². The number of alkyl halides is 2. The number of nitrogens with one attached hydrogen (secondary N) is 1. The Bertz CT molecular complexity index is 917. The predicted octanol–water partition coefficient (Wildman–Crippen LogP) is 4.37. The lowest BCUT2D eigenvalue weighted by atomic mass is 10.2. The molecule has 0 unspecified atom stereocenters. The van der Waals surface area contributed by atoms with Crippen molar-refractivity contribution in [3.05, 3.63) is 42.7 Å². The molecule has 1 heterocycles. The fraction of sp³-hybridized carbons (Fsp3) is 0.263. The van der Waals surface area contributed by atoms with Crippen LogP contribution in [0.5, 0.6) is 11.5 Å². The molecule has 0 bridgehead atoms. The molecule has 0 aliphatic rings. The SMILES string of the molecule is COc1cc2ncnc(Nc3cccc(N(CCCl)CCCl)c3)c2cc1O. The number of hydrogen-bond donors (Lipinski definition) is 2. The quantitative estimate of drug-likeness (QED) is 0.541. The second kappa shape index (κ2) is 8.97. The van der Waals surface area contributed by atoms with Crippen LogP contribution in [0.1, 0.15) is 0 Å². The molecule has 0 spiro atoms. The van der Waals surface area contributed by atoms with Gasteiger partial charge in [-0.05, 0) is 24.3 Å². The molecule has 6 nitrogen and oxygen atoms in total. The van der Waals surface area contributed by atoms with Gasteiger partial charge in [0.2, 0.25) is 0 Å². The summed E-state index contributed by atoms with van der Waals surface area (Å²) in [6.45, 7) is 1.42. The van der Waals surface area contributed by atoms with Gasteiger partial charge in [-0.15, -0.1) is 23.2 Å². The lowest BCUT2D eigenvalue weighted by molar-refractivity contribution is 0.374. The molecule has 3 rings (SSSR count). The summed E-state index contributed by atoms with van der Waals surface area (Å²) in [7, 11) is 1.50. The highest BCUT2D eigenvalue weighted by Gasteiger charge is 2.11. The molecule has 0 saturated carbocycles. The average Bonchev–Trinajstić information content (AvgIpc) is 2.68. The standard InChI is InChI=1S/C19H20Cl2N4O2/c1-27-18-11-16-15(10-17(18)26)19(23-12-22-16)24-13-3-2-4-14(9-13)25(7-5-20)8-6-21/h2-4,9-12,26H,5-8H2,1H3,(H,22,23,24). The first-order valence-corrected chi connectivity index (χ1v) is 9.49. The molecule has 0 amide bonds. The van der Waals surface area contributed by atoms with Crippen molar-refractivity contribution in [2.75, 3.05) is 42.2 Å². The van der Waals surface area contributed by atoms with Crippen molar-refractivity contribution in [1.82, 2.24) is 9.97 Å². The van der Waals surface area contributed by atoms with Crippen molar-refractivity contribution in [2.24, 2.45) is 0 Å². The van der Waals surface area contributed by atoms with E-state index in [1.165, 1.54) is 13.4 Å². The van der Waals surface area contributed by atoms with Crippen molar-refractivity contribution in [2.45, 2.75) is 0 Å². The Morgan fingerprint density at radius 2 is 1.89 bits per heavy atom. The molecule has 2 N–H and O–H groups in total. The summed E-state index contributed by atoms with van der Waals surface area (Å²) < 4.78 is 5.14. The smallest absolute Gasteiger partial charge is 0.162 e. The zero-order valence-electron chi connectivity index (χ0n) is 14.8. The Kier molecular flexibility index (Phi) is 6.42. The zero-order chi connectivity index (χ0) is 19.2. The second-order valence-electron chi connectivity index (χ2n) is 5.80. The normalized spacial score (nSPS) is 10.8. The lowest BCUT2D eigenvalue weighted by Gasteiger charge is -2.23. The molecule has 0 atom stereocenters. The van der Waals surface area contributed by atoms with Gasteiger partial charge >= 0.3 is 0 Å². The van der Waals surface area contributed by atoms with Gasteiger partial charge in [0.15, 0.2) is 11.5 Å². The van der Waals surface area contributed by atoms with Crippen LogP contribution in [0.4, 0.5) is 17.2 Å². The van der Waals surface area contributed by atoms with Crippen molar-refractivity contribution in [1.29, 1.82) is 0 Å². The van der Waals surface area contributed by atoms with Crippen molar-refractivity contribution < 1.29 is 9.84 Å². The molecule has 0 aliphatic heterocycles.